The molecule has 0 bridgehead atoms. The van der Waals surface area contributed by atoms with Crippen LogP contribution in [0.3, 0.4) is 0 Å². The molecule has 0 N–H and O–H groups in total. The summed E-state index contributed by atoms with van der Waals surface area (Å²) in [4.78, 5) is 0.275. The number of hydrogen-bond donors (Lipinski definition) is 1. The molecule has 1 aromatic carbocycles. The Morgan fingerprint density at radius 3 is 2.40 bits per heavy atom. The Morgan fingerprint density at radius 1 is 1.30 bits per heavy atom. The van der Waals surface area contributed by atoms with E-state index in [1.165, 1.54) is 4.31 Å². The Balaban J connectivity index is 2.81. The summed E-state index contributed by atoms with van der Waals surface area (Å²) in [6.45, 7) is 4.57. The van der Waals surface area contributed by atoms with Crippen LogP contribution in [0.25, 0.3) is 0 Å². The molecule has 4 nitrogen and oxygen atoms in total. The number of thiol groups is 1. The first-order valence-corrected chi connectivity index (χ1v) is 8.82. The van der Waals surface area contributed by atoms with Crippen LogP contribution in [0.15, 0.2) is 29.2 Å². The van der Waals surface area contributed by atoms with E-state index in [0.717, 1.165) is 12.8 Å². The SMILES string of the molecule is CCCCOc1ccc(S(=O)(=O)N(C)[C@H](C)CS)cc1. The molecule has 1 atom stereocenters. The van der Waals surface area contributed by atoms with Gasteiger partial charge in [0.05, 0.1) is 11.5 Å². The molecule has 0 aliphatic rings. The monoisotopic (exact) mass is 317 g/mol. The van der Waals surface area contributed by atoms with Crippen LogP contribution in [0.2, 0.25) is 0 Å². The summed E-state index contributed by atoms with van der Waals surface area (Å²) < 4.78 is 31.6. The number of unbranched alkanes of at least 4 members (excludes halogenated alkanes) is 1. The van der Waals surface area contributed by atoms with Gasteiger partial charge in [0.25, 0.3) is 0 Å². The van der Waals surface area contributed by atoms with Gasteiger partial charge >= 0.3 is 0 Å². The van der Waals surface area contributed by atoms with Gasteiger partial charge < -0.3 is 4.74 Å². The number of rotatable bonds is 8. The van der Waals surface area contributed by atoms with E-state index < -0.39 is 10.0 Å². The standard InChI is InChI=1S/C14H23NO3S2/c1-4-5-10-18-13-6-8-14(9-7-13)20(16,17)15(3)12(2)11-19/h6-9,12,19H,4-5,10-11H2,1-3H3/t12-/m1/s1. The molecule has 1 rings (SSSR count). The number of nitrogens with zero attached hydrogens (tertiary/aromatic N) is 1. The average Bonchev–Trinajstić information content (AvgIpc) is 2.46. The highest BCUT2D eigenvalue weighted by molar-refractivity contribution is 7.89. The van der Waals surface area contributed by atoms with Gasteiger partial charge in [0, 0.05) is 18.8 Å². The third kappa shape index (κ3) is 4.40. The van der Waals surface area contributed by atoms with Gasteiger partial charge in [0.1, 0.15) is 5.75 Å². The van der Waals surface area contributed by atoms with Gasteiger partial charge in [-0.2, -0.15) is 16.9 Å². The Bertz CT molecular complexity index is 500. The zero-order valence-corrected chi connectivity index (χ0v) is 14.0. The molecule has 114 valence electrons. The van der Waals surface area contributed by atoms with Crippen molar-refractivity contribution in [1.82, 2.24) is 4.31 Å². The van der Waals surface area contributed by atoms with Crippen LogP contribution in [-0.4, -0.2) is 38.2 Å². The lowest BCUT2D eigenvalue weighted by Gasteiger charge is -2.22. The lowest BCUT2D eigenvalue weighted by atomic mass is 10.3. The highest BCUT2D eigenvalue weighted by Gasteiger charge is 2.24. The molecule has 1 aromatic rings. The molecule has 0 unspecified atom stereocenters. The smallest absolute Gasteiger partial charge is 0.243 e. The van der Waals surface area contributed by atoms with Crippen molar-refractivity contribution < 1.29 is 13.2 Å². The van der Waals surface area contributed by atoms with Crippen LogP contribution >= 0.6 is 12.6 Å². The van der Waals surface area contributed by atoms with Gasteiger partial charge in [-0.1, -0.05) is 13.3 Å². The number of benzene rings is 1. The molecule has 0 aliphatic carbocycles. The van der Waals surface area contributed by atoms with E-state index in [2.05, 4.69) is 19.6 Å². The van der Waals surface area contributed by atoms with Gasteiger partial charge in [0.2, 0.25) is 10.0 Å². The highest BCUT2D eigenvalue weighted by atomic mass is 32.2. The lowest BCUT2D eigenvalue weighted by Crippen LogP contribution is -2.36. The van der Waals surface area contributed by atoms with Crippen molar-refractivity contribution in [2.45, 2.75) is 37.6 Å². The fourth-order valence-corrected chi connectivity index (χ4v) is 3.28. The van der Waals surface area contributed by atoms with Crippen molar-refractivity contribution in [3.8, 4) is 5.75 Å². The van der Waals surface area contributed by atoms with Crippen molar-refractivity contribution in [3.05, 3.63) is 24.3 Å². The molecule has 0 saturated carbocycles. The van der Waals surface area contributed by atoms with Crippen LogP contribution in [-0.2, 0) is 10.0 Å². The maximum atomic E-state index is 12.4. The fraction of sp³-hybridized carbons (Fsp3) is 0.571. The predicted molar refractivity (Wildman–Crippen MR) is 85.1 cm³/mol. The summed E-state index contributed by atoms with van der Waals surface area (Å²) in [5.41, 5.74) is 0. The summed E-state index contributed by atoms with van der Waals surface area (Å²) in [7, 11) is -1.89. The van der Waals surface area contributed by atoms with E-state index >= 15 is 0 Å². The first kappa shape index (κ1) is 17.3. The number of sulfonamides is 1. The third-order valence-electron chi connectivity index (χ3n) is 3.15. The minimum Gasteiger partial charge on any atom is -0.494 e. The molecule has 0 fully saturated rings. The van der Waals surface area contributed by atoms with Crippen LogP contribution < -0.4 is 4.74 Å². The largest absolute Gasteiger partial charge is 0.494 e. The van der Waals surface area contributed by atoms with E-state index in [4.69, 9.17) is 4.74 Å². The molecule has 0 aliphatic heterocycles. The second-order valence-electron chi connectivity index (χ2n) is 4.73. The van der Waals surface area contributed by atoms with E-state index in [1.807, 2.05) is 6.92 Å². The Kier molecular flexibility index (Phi) is 6.85. The van der Waals surface area contributed by atoms with Gasteiger partial charge in [-0.15, -0.1) is 0 Å². The highest BCUT2D eigenvalue weighted by Crippen LogP contribution is 2.20. The van der Waals surface area contributed by atoms with Gasteiger partial charge in [-0.3, -0.25) is 0 Å². The summed E-state index contributed by atoms with van der Waals surface area (Å²) >= 11 is 4.14. The quantitative estimate of drug-likeness (QED) is 0.592. The Labute approximate surface area is 127 Å². The van der Waals surface area contributed by atoms with Crippen molar-refractivity contribution >= 4 is 22.7 Å². The van der Waals surface area contributed by atoms with Crippen LogP contribution in [0.5, 0.6) is 5.75 Å². The Hall–Kier alpha value is -0.720. The van der Waals surface area contributed by atoms with E-state index in [-0.39, 0.29) is 10.9 Å². The normalized spacial score (nSPS) is 13.4. The van der Waals surface area contributed by atoms with Crippen LogP contribution in [0.4, 0.5) is 0 Å². The summed E-state index contributed by atoms with van der Waals surface area (Å²) in [6.07, 6.45) is 2.06. The number of hydrogen-bond acceptors (Lipinski definition) is 4. The number of ether oxygens (including phenoxy) is 1. The second-order valence-corrected chi connectivity index (χ2v) is 7.09. The molecule has 0 amide bonds. The van der Waals surface area contributed by atoms with Crippen LogP contribution in [0, 0.1) is 0 Å². The topological polar surface area (TPSA) is 46.6 Å². The molecule has 0 radical (unpaired) electrons. The third-order valence-corrected chi connectivity index (χ3v) is 5.67. The average molecular weight is 317 g/mol. The zero-order valence-electron chi connectivity index (χ0n) is 12.2. The van der Waals surface area contributed by atoms with Crippen molar-refractivity contribution in [2.75, 3.05) is 19.4 Å². The van der Waals surface area contributed by atoms with Crippen molar-refractivity contribution in [1.29, 1.82) is 0 Å². The van der Waals surface area contributed by atoms with E-state index in [0.29, 0.717) is 18.1 Å². The Morgan fingerprint density at radius 2 is 1.90 bits per heavy atom. The maximum Gasteiger partial charge on any atom is 0.243 e. The molecule has 20 heavy (non-hydrogen) atoms. The summed E-state index contributed by atoms with van der Waals surface area (Å²) in [5.74, 6) is 1.18. The molecule has 6 heteroatoms. The first-order valence-electron chi connectivity index (χ1n) is 6.75. The minimum atomic E-state index is -3.46. The van der Waals surface area contributed by atoms with Crippen LogP contribution in [0.1, 0.15) is 26.7 Å². The van der Waals surface area contributed by atoms with Gasteiger partial charge in [0.15, 0.2) is 0 Å². The lowest BCUT2D eigenvalue weighted by molar-refractivity contribution is 0.309. The second kappa shape index (κ2) is 7.90. The molecule has 0 heterocycles. The molecule has 0 spiro atoms. The molecule has 0 aromatic heterocycles. The predicted octanol–water partition coefficient (Wildman–Crippen LogP) is 2.80. The van der Waals surface area contributed by atoms with Crippen molar-refractivity contribution in [3.63, 3.8) is 0 Å². The minimum absolute atomic E-state index is 0.149. The zero-order chi connectivity index (χ0) is 15.2. The first-order chi connectivity index (χ1) is 9.43. The van der Waals surface area contributed by atoms with E-state index in [9.17, 15) is 8.42 Å². The molecular formula is C14H23NO3S2. The van der Waals surface area contributed by atoms with Gasteiger partial charge in [-0.25, -0.2) is 8.42 Å². The summed E-state index contributed by atoms with van der Waals surface area (Å²) in [5, 5.41) is 0. The van der Waals surface area contributed by atoms with Crippen molar-refractivity contribution in [2.24, 2.45) is 0 Å². The van der Waals surface area contributed by atoms with E-state index in [1.54, 1.807) is 31.3 Å². The van der Waals surface area contributed by atoms with Gasteiger partial charge in [-0.05, 0) is 37.6 Å². The molecular weight excluding hydrogens is 294 g/mol. The summed E-state index contributed by atoms with van der Waals surface area (Å²) in [6, 6.07) is 6.41. The fourth-order valence-electron chi connectivity index (χ4n) is 1.56. The maximum absolute atomic E-state index is 12.4. The molecule has 0 saturated heterocycles.